The number of carbonyl (C=O) groups is 3. The van der Waals surface area contributed by atoms with Crippen LogP contribution in [-0.2, 0) is 33.3 Å². The molecular formula is C43H52O9. The molecule has 9 nitrogen and oxygen atoms in total. The van der Waals surface area contributed by atoms with Crippen molar-refractivity contribution in [2.45, 2.75) is 96.6 Å². The van der Waals surface area contributed by atoms with Crippen LogP contribution in [0.2, 0.25) is 0 Å². The highest BCUT2D eigenvalue weighted by Crippen LogP contribution is 2.38. The Balaban J connectivity index is 1.07. The molecule has 5 rings (SSSR count). The van der Waals surface area contributed by atoms with Crippen LogP contribution in [0.5, 0.6) is 5.75 Å². The van der Waals surface area contributed by atoms with Gasteiger partial charge in [-0.1, -0.05) is 79.9 Å². The third-order valence-corrected chi connectivity index (χ3v) is 9.65. The van der Waals surface area contributed by atoms with Gasteiger partial charge in [0.05, 0.1) is 25.4 Å². The summed E-state index contributed by atoms with van der Waals surface area (Å²) >= 11 is 0. The van der Waals surface area contributed by atoms with Gasteiger partial charge in [0.2, 0.25) is 0 Å². The molecule has 3 aromatic rings. The Labute approximate surface area is 307 Å². The van der Waals surface area contributed by atoms with Crippen LogP contribution in [0.3, 0.4) is 0 Å². The monoisotopic (exact) mass is 712 g/mol. The van der Waals surface area contributed by atoms with Gasteiger partial charge in [0.15, 0.2) is 18.5 Å². The second-order valence-electron chi connectivity index (χ2n) is 13.7. The number of rotatable bonds is 17. The second-order valence-corrected chi connectivity index (χ2v) is 13.7. The van der Waals surface area contributed by atoms with Crippen LogP contribution in [0, 0.1) is 5.92 Å². The molecule has 3 aromatic carbocycles. The van der Waals surface area contributed by atoms with E-state index in [2.05, 4.69) is 30.8 Å². The van der Waals surface area contributed by atoms with Crippen molar-refractivity contribution in [1.29, 1.82) is 0 Å². The van der Waals surface area contributed by atoms with Gasteiger partial charge in [-0.05, 0) is 106 Å². The molecule has 52 heavy (non-hydrogen) atoms. The topological polar surface area (TPSA) is 107 Å². The molecule has 1 saturated heterocycles. The van der Waals surface area contributed by atoms with E-state index in [0.717, 1.165) is 35.6 Å². The zero-order valence-corrected chi connectivity index (χ0v) is 30.7. The number of hydrogen-bond acceptors (Lipinski definition) is 9. The van der Waals surface area contributed by atoms with Crippen molar-refractivity contribution < 1.29 is 42.8 Å². The van der Waals surface area contributed by atoms with Crippen molar-refractivity contribution in [1.82, 2.24) is 0 Å². The van der Waals surface area contributed by atoms with Crippen LogP contribution < -0.4 is 4.74 Å². The number of esters is 3. The molecule has 1 saturated carbocycles. The minimum Gasteiger partial charge on any atom is -0.464 e. The molecule has 0 unspecified atom stereocenters. The lowest BCUT2D eigenvalue weighted by Gasteiger charge is -2.29. The Hall–Kier alpha value is -4.31. The Bertz CT molecular complexity index is 1580. The number of unbranched alkanes of at least 4 members (excludes halogenated alkanes) is 2. The van der Waals surface area contributed by atoms with E-state index in [-0.39, 0.29) is 13.2 Å². The maximum atomic E-state index is 13.0. The Morgan fingerprint density at radius 1 is 0.712 bits per heavy atom. The van der Waals surface area contributed by atoms with Crippen LogP contribution >= 0.6 is 0 Å². The van der Waals surface area contributed by atoms with Gasteiger partial charge in [0, 0.05) is 12.2 Å². The summed E-state index contributed by atoms with van der Waals surface area (Å²) < 4.78 is 32.8. The molecule has 2 aliphatic rings. The van der Waals surface area contributed by atoms with E-state index in [0.29, 0.717) is 29.4 Å². The van der Waals surface area contributed by atoms with Crippen LogP contribution in [0.25, 0.3) is 11.1 Å². The number of hydrogen-bond donors (Lipinski definition) is 0. The highest BCUT2D eigenvalue weighted by Gasteiger charge is 2.47. The van der Waals surface area contributed by atoms with Crippen molar-refractivity contribution in [2.75, 3.05) is 26.4 Å². The molecule has 0 spiro atoms. The first kappa shape index (κ1) is 38.9. The van der Waals surface area contributed by atoms with Crippen LogP contribution in [0.4, 0.5) is 0 Å². The predicted octanol–water partition coefficient (Wildman–Crippen LogP) is 8.91. The summed E-state index contributed by atoms with van der Waals surface area (Å²) in [6.45, 7) is 11.0. The molecular weight excluding hydrogens is 660 g/mol. The SMILES string of the molecule is C=C(C)COCCCCC[C@H]1CC[C@H](c2ccc(-c3ccc(C(=O)Oc4ccc(C5O[C@@H](C(=O)OCC)[C@H](C(=O)OCC)O5)cc4)cc3)cc2)CC1. The predicted molar refractivity (Wildman–Crippen MR) is 198 cm³/mol. The quantitative estimate of drug-likeness (QED) is 0.0587. The van der Waals surface area contributed by atoms with E-state index in [1.807, 2.05) is 19.1 Å². The summed E-state index contributed by atoms with van der Waals surface area (Å²) in [4.78, 5) is 37.8. The summed E-state index contributed by atoms with van der Waals surface area (Å²) in [7, 11) is 0. The molecule has 9 heteroatoms. The van der Waals surface area contributed by atoms with E-state index < -0.39 is 36.4 Å². The second kappa shape index (κ2) is 19.5. The van der Waals surface area contributed by atoms with Crippen molar-refractivity contribution >= 4 is 17.9 Å². The number of ether oxygens (including phenoxy) is 6. The minimum atomic E-state index is -1.25. The van der Waals surface area contributed by atoms with E-state index >= 15 is 0 Å². The summed E-state index contributed by atoms with van der Waals surface area (Å²) in [5.41, 5.74) is 5.58. The van der Waals surface area contributed by atoms with E-state index in [1.165, 1.54) is 50.5 Å². The van der Waals surface area contributed by atoms with Gasteiger partial charge in [-0.15, -0.1) is 0 Å². The lowest BCUT2D eigenvalue weighted by atomic mass is 9.77. The van der Waals surface area contributed by atoms with Gasteiger partial charge >= 0.3 is 17.9 Å². The molecule has 0 N–H and O–H groups in total. The molecule has 1 aliphatic carbocycles. The largest absolute Gasteiger partial charge is 0.464 e. The van der Waals surface area contributed by atoms with Crippen LogP contribution in [-0.4, -0.2) is 56.5 Å². The van der Waals surface area contributed by atoms with Crippen molar-refractivity contribution in [3.05, 3.63) is 102 Å². The molecule has 1 aliphatic heterocycles. The fraction of sp³-hybridized carbons (Fsp3) is 0.465. The van der Waals surface area contributed by atoms with Gasteiger partial charge in [0.25, 0.3) is 0 Å². The average molecular weight is 713 g/mol. The molecule has 0 bridgehead atoms. The summed E-state index contributed by atoms with van der Waals surface area (Å²) in [6.07, 6.45) is 6.59. The highest BCUT2D eigenvalue weighted by molar-refractivity contribution is 5.91. The maximum Gasteiger partial charge on any atom is 0.343 e. The molecule has 2 fully saturated rings. The lowest BCUT2D eigenvalue weighted by Crippen LogP contribution is -2.39. The van der Waals surface area contributed by atoms with Gasteiger partial charge in [-0.3, -0.25) is 0 Å². The maximum absolute atomic E-state index is 13.0. The summed E-state index contributed by atoms with van der Waals surface area (Å²) in [5, 5.41) is 0. The van der Waals surface area contributed by atoms with Gasteiger partial charge in [0.1, 0.15) is 5.75 Å². The van der Waals surface area contributed by atoms with Gasteiger partial charge in [-0.2, -0.15) is 0 Å². The van der Waals surface area contributed by atoms with Crippen LogP contribution in [0.15, 0.2) is 84.9 Å². The summed E-state index contributed by atoms with van der Waals surface area (Å²) in [6, 6.07) is 22.8. The van der Waals surface area contributed by atoms with E-state index in [1.54, 1.807) is 50.2 Å². The zero-order chi connectivity index (χ0) is 36.9. The number of carbonyl (C=O) groups excluding carboxylic acids is 3. The molecule has 278 valence electrons. The standard InChI is InChI=1S/C43H52O9/c1-5-48-41(45)38-39(42(46)49-6-2)52-43(51-38)36-23-25-37(26-24-36)50-40(44)35-21-19-34(20-22-35)33-17-15-32(16-18-33)31-13-11-30(12-14-31)10-8-7-9-27-47-28-29(3)4/h15-26,30-31,38-39,43H,3,5-14,27-28H2,1-2,4H3/t30-,31-,38-,39-/m1/s1. The third-order valence-electron chi connectivity index (χ3n) is 9.65. The third kappa shape index (κ3) is 10.9. The van der Waals surface area contributed by atoms with Crippen molar-refractivity contribution in [2.24, 2.45) is 5.92 Å². The molecule has 2 atom stereocenters. The smallest absolute Gasteiger partial charge is 0.343 e. The number of benzene rings is 3. The average Bonchev–Trinajstić information content (AvgIpc) is 3.61. The fourth-order valence-corrected chi connectivity index (χ4v) is 6.86. The fourth-order valence-electron chi connectivity index (χ4n) is 6.86. The first-order valence-corrected chi connectivity index (χ1v) is 18.6. The van der Waals surface area contributed by atoms with E-state index in [4.69, 9.17) is 28.4 Å². The Morgan fingerprint density at radius 3 is 1.83 bits per heavy atom. The molecule has 0 radical (unpaired) electrons. The zero-order valence-electron chi connectivity index (χ0n) is 30.7. The Morgan fingerprint density at radius 2 is 1.27 bits per heavy atom. The molecule has 0 aromatic heterocycles. The van der Waals surface area contributed by atoms with Crippen molar-refractivity contribution in [3.8, 4) is 16.9 Å². The normalized spacial score (nSPS) is 20.3. The Kier molecular flexibility index (Phi) is 14.6. The highest BCUT2D eigenvalue weighted by atomic mass is 16.8. The molecule has 0 amide bonds. The van der Waals surface area contributed by atoms with Crippen molar-refractivity contribution in [3.63, 3.8) is 0 Å². The first-order valence-electron chi connectivity index (χ1n) is 18.6. The van der Waals surface area contributed by atoms with Gasteiger partial charge < -0.3 is 28.4 Å². The molecule has 1 heterocycles. The minimum absolute atomic E-state index is 0.130. The lowest BCUT2D eigenvalue weighted by molar-refractivity contribution is -0.163. The summed E-state index contributed by atoms with van der Waals surface area (Å²) in [5.74, 6) is -0.113. The van der Waals surface area contributed by atoms with Crippen LogP contribution in [0.1, 0.15) is 106 Å². The van der Waals surface area contributed by atoms with Gasteiger partial charge in [-0.25, -0.2) is 14.4 Å². The first-order chi connectivity index (χ1) is 25.2. The van der Waals surface area contributed by atoms with E-state index in [9.17, 15) is 14.4 Å².